The fourth-order valence-electron chi connectivity index (χ4n) is 4.32. The number of non-ortho nitro benzene ring substituents is 1. The SMILES string of the molecule is Cn1cccc1-c1cc(C(=O)N2CCN(c3ccccc3F)CC2)n(-c2ccc([N+](=O)[O-])cc2)n1. The van der Waals surface area contributed by atoms with Gasteiger partial charge < -0.3 is 14.4 Å². The van der Waals surface area contributed by atoms with Gasteiger partial charge in [-0.1, -0.05) is 12.1 Å². The van der Waals surface area contributed by atoms with Gasteiger partial charge in [0.1, 0.15) is 17.2 Å². The van der Waals surface area contributed by atoms with E-state index in [4.69, 9.17) is 0 Å². The lowest BCUT2D eigenvalue weighted by molar-refractivity contribution is -0.384. The highest BCUT2D eigenvalue weighted by molar-refractivity contribution is 5.94. The van der Waals surface area contributed by atoms with Crippen LogP contribution in [-0.2, 0) is 7.05 Å². The van der Waals surface area contributed by atoms with Crippen molar-refractivity contribution in [2.75, 3.05) is 31.1 Å². The van der Waals surface area contributed by atoms with Crippen LogP contribution in [0.15, 0.2) is 72.9 Å². The molecular formula is C25H23FN6O3. The number of para-hydroxylation sites is 1. The van der Waals surface area contributed by atoms with Gasteiger partial charge in [0.2, 0.25) is 0 Å². The van der Waals surface area contributed by atoms with Crippen molar-refractivity contribution in [3.05, 3.63) is 94.6 Å². The van der Waals surface area contributed by atoms with E-state index >= 15 is 0 Å². The van der Waals surface area contributed by atoms with Crippen molar-refractivity contribution >= 4 is 17.3 Å². The Bertz CT molecular complexity index is 1390. The van der Waals surface area contributed by atoms with Gasteiger partial charge in [0, 0.05) is 51.6 Å². The zero-order valence-electron chi connectivity index (χ0n) is 19.0. The molecule has 0 spiro atoms. The molecule has 0 atom stereocenters. The molecule has 1 amide bonds. The number of hydrogen-bond acceptors (Lipinski definition) is 5. The minimum atomic E-state index is -0.469. The summed E-state index contributed by atoms with van der Waals surface area (Å²) < 4.78 is 17.6. The van der Waals surface area contributed by atoms with Crippen LogP contribution in [0.2, 0.25) is 0 Å². The van der Waals surface area contributed by atoms with E-state index in [2.05, 4.69) is 5.10 Å². The smallest absolute Gasteiger partial charge is 0.272 e. The van der Waals surface area contributed by atoms with E-state index < -0.39 is 4.92 Å². The molecule has 3 heterocycles. The number of nitro benzene ring substituents is 1. The van der Waals surface area contributed by atoms with Gasteiger partial charge in [-0.05, 0) is 42.5 Å². The third-order valence-electron chi connectivity index (χ3n) is 6.20. The van der Waals surface area contributed by atoms with Crippen molar-refractivity contribution in [1.29, 1.82) is 0 Å². The number of benzene rings is 2. The van der Waals surface area contributed by atoms with Gasteiger partial charge in [-0.2, -0.15) is 5.10 Å². The number of anilines is 1. The van der Waals surface area contributed by atoms with Gasteiger partial charge in [0.25, 0.3) is 11.6 Å². The van der Waals surface area contributed by atoms with Crippen LogP contribution in [0.3, 0.4) is 0 Å². The summed E-state index contributed by atoms with van der Waals surface area (Å²) in [5.74, 6) is -0.486. The minimum absolute atomic E-state index is 0.0410. The lowest BCUT2D eigenvalue weighted by atomic mass is 10.2. The van der Waals surface area contributed by atoms with Crippen LogP contribution < -0.4 is 4.90 Å². The second-order valence-corrected chi connectivity index (χ2v) is 8.34. The van der Waals surface area contributed by atoms with Gasteiger partial charge in [-0.15, -0.1) is 0 Å². The van der Waals surface area contributed by atoms with Crippen molar-refractivity contribution in [3.63, 3.8) is 0 Å². The van der Waals surface area contributed by atoms with E-state index in [0.717, 1.165) is 5.69 Å². The Morgan fingerprint density at radius 3 is 2.34 bits per heavy atom. The molecule has 1 saturated heterocycles. The Labute approximate surface area is 200 Å². The fourth-order valence-corrected chi connectivity index (χ4v) is 4.32. The minimum Gasteiger partial charge on any atom is -0.366 e. The van der Waals surface area contributed by atoms with E-state index in [1.54, 1.807) is 41.3 Å². The molecule has 2 aromatic heterocycles. The van der Waals surface area contributed by atoms with Crippen LogP contribution in [0, 0.1) is 15.9 Å². The normalized spacial score (nSPS) is 13.8. The first-order chi connectivity index (χ1) is 16.9. The molecule has 1 fully saturated rings. The van der Waals surface area contributed by atoms with E-state index in [1.807, 2.05) is 34.8 Å². The monoisotopic (exact) mass is 474 g/mol. The van der Waals surface area contributed by atoms with Crippen LogP contribution in [0.25, 0.3) is 17.1 Å². The summed E-state index contributed by atoms with van der Waals surface area (Å²) in [4.78, 5) is 27.9. The summed E-state index contributed by atoms with van der Waals surface area (Å²) in [5.41, 5.74) is 2.84. The van der Waals surface area contributed by atoms with Gasteiger partial charge in [-0.25, -0.2) is 9.07 Å². The van der Waals surface area contributed by atoms with Crippen molar-refractivity contribution in [2.24, 2.45) is 7.05 Å². The Morgan fingerprint density at radius 2 is 1.71 bits per heavy atom. The first-order valence-electron chi connectivity index (χ1n) is 11.2. The molecule has 0 unspecified atom stereocenters. The van der Waals surface area contributed by atoms with E-state index in [9.17, 15) is 19.3 Å². The molecule has 35 heavy (non-hydrogen) atoms. The predicted octanol–water partition coefficient (Wildman–Crippen LogP) is 3.89. The number of carbonyl (C=O) groups is 1. The highest BCUT2D eigenvalue weighted by Crippen LogP contribution is 2.25. The first kappa shape index (κ1) is 22.3. The Hall–Kier alpha value is -4.47. The molecule has 1 aliphatic rings. The topological polar surface area (TPSA) is 89.4 Å². The van der Waals surface area contributed by atoms with Crippen LogP contribution >= 0.6 is 0 Å². The highest BCUT2D eigenvalue weighted by Gasteiger charge is 2.27. The van der Waals surface area contributed by atoms with Gasteiger partial charge in [0.05, 0.1) is 22.0 Å². The summed E-state index contributed by atoms with van der Waals surface area (Å²) >= 11 is 0. The lowest BCUT2D eigenvalue weighted by Crippen LogP contribution is -2.49. The maximum Gasteiger partial charge on any atom is 0.272 e. The number of amides is 1. The maximum absolute atomic E-state index is 14.2. The number of nitrogens with zero attached hydrogens (tertiary/aromatic N) is 6. The number of halogens is 1. The van der Waals surface area contributed by atoms with E-state index in [0.29, 0.717) is 48.9 Å². The maximum atomic E-state index is 14.2. The van der Waals surface area contributed by atoms with Crippen molar-refractivity contribution in [1.82, 2.24) is 19.2 Å². The molecule has 2 aromatic carbocycles. The predicted molar refractivity (Wildman–Crippen MR) is 129 cm³/mol. The van der Waals surface area contributed by atoms with Gasteiger partial charge >= 0.3 is 0 Å². The standard InChI is InChI=1S/C25H23FN6O3/c1-28-12-4-7-23(28)21-17-24(31(27-21)18-8-10-19(11-9-18)32(34)35)25(33)30-15-13-29(14-16-30)22-6-3-2-5-20(22)26/h2-12,17H,13-16H2,1H3. The van der Waals surface area contributed by atoms with Crippen LogP contribution in [0.1, 0.15) is 10.5 Å². The number of aryl methyl sites for hydroxylation is 1. The summed E-state index contributed by atoms with van der Waals surface area (Å²) in [6.07, 6.45) is 1.89. The molecule has 0 radical (unpaired) electrons. The summed E-state index contributed by atoms with van der Waals surface area (Å²) in [5, 5.41) is 15.7. The number of piperazine rings is 1. The number of rotatable bonds is 5. The quantitative estimate of drug-likeness (QED) is 0.323. The number of nitro groups is 1. The molecule has 0 saturated carbocycles. The highest BCUT2D eigenvalue weighted by atomic mass is 19.1. The van der Waals surface area contributed by atoms with E-state index in [1.165, 1.54) is 22.9 Å². The molecule has 9 nitrogen and oxygen atoms in total. The number of hydrogen-bond donors (Lipinski definition) is 0. The Balaban J connectivity index is 1.44. The second kappa shape index (κ2) is 9.05. The molecule has 4 aromatic rings. The molecule has 1 aliphatic heterocycles. The fraction of sp³-hybridized carbons (Fsp3) is 0.200. The largest absolute Gasteiger partial charge is 0.366 e. The first-order valence-corrected chi connectivity index (χ1v) is 11.2. The van der Waals surface area contributed by atoms with Crippen LogP contribution in [0.5, 0.6) is 0 Å². The molecule has 0 aliphatic carbocycles. The number of carbonyl (C=O) groups excluding carboxylic acids is 1. The van der Waals surface area contributed by atoms with Crippen LogP contribution in [-0.4, -0.2) is 56.3 Å². The number of aromatic nitrogens is 3. The zero-order chi connectivity index (χ0) is 24.5. The summed E-state index contributed by atoms with van der Waals surface area (Å²) in [7, 11) is 1.89. The molecule has 5 rings (SSSR count). The average molecular weight is 474 g/mol. The lowest BCUT2D eigenvalue weighted by Gasteiger charge is -2.36. The van der Waals surface area contributed by atoms with Crippen molar-refractivity contribution in [2.45, 2.75) is 0 Å². The Morgan fingerprint density at radius 1 is 1.00 bits per heavy atom. The van der Waals surface area contributed by atoms with Crippen molar-refractivity contribution in [3.8, 4) is 17.1 Å². The summed E-state index contributed by atoms with van der Waals surface area (Å²) in [6.45, 7) is 1.86. The third-order valence-corrected chi connectivity index (χ3v) is 6.20. The van der Waals surface area contributed by atoms with Crippen molar-refractivity contribution < 1.29 is 14.1 Å². The molecule has 10 heteroatoms. The second-order valence-electron chi connectivity index (χ2n) is 8.34. The average Bonchev–Trinajstić information content (AvgIpc) is 3.50. The molecule has 0 N–H and O–H groups in total. The Kier molecular flexibility index (Phi) is 5.77. The van der Waals surface area contributed by atoms with Gasteiger partial charge in [-0.3, -0.25) is 14.9 Å². The van der Waals surface area contributed by atoms with E-state index in [-0.39, 0.29) is 17.4 Å². The van der Waals surface area contributed by atoms with Crippen LogP contribution in [0.4, 0.5) is 15.8 Å². The third kappa shape index (κ3) is 4.25. The summed E-state index contributed by atoms with van der Waals surface area (Å²) in [6, 6.07) is 18.1. The molecule has 0 bridgehead atoms. The molecular weight excluding hydrogens is 451 g/mol. The zero-order valence-corrected chi connectivity index (χ0v) is 19.0. The molecule has 178 valence electrons. The van der Waals surface area contributed by atoms with Gasteiger partial charge in [0.15, 0.2) is 0 Å².